The summed E-state index contributed by atoms with van der Waals surface area (Å²) in [4.78, 5) is 4.20. The second-order valence-corrected chi connectivity index (χ2v) is 3.89. The molecule has 2 aromatic heterocycles. The molecule has 74 valence electrons. The molecule has 0 saturated heterocycles. The number of hydrogen-bond acceptors (Lipinski definition) is 2. The fraction of sp³-hybridized carbons (Fsp3) is 0.154. The summed E-state index contributed by atoms with van der Waals surface area (Å²) in [5.41, 5.74) is 4.18. The lowest BCUT2D eigenvalue weighted by Gasteiger charge is -1.91. The molecule has 0 aliphatic heterocycles. The van der Waals surface area contributed by atoms with Gasteiger partial charge in [-0.3, -0.25) is 4.98 Å². The highest BCUT2D eigenvalue weighted by atomic mass is 16.3. The summed E-state index contributed by atoms with van der Waals surface area (Å²) in [6.07, 6.45) is 3.70. The van der Waals surface area contributed by atoms with Crippen molar-refractivity contribution in [1.82, 2.24) is 4.98 Å². The minimum Gasteiger partial charge on any atom is -0.455 e. The van der Waals surface area contributed by atoms with Crippen LogP contribution >= 0.6 is 0 Å². The Hall–Kier alpha value is -1.83. The first-order chi connectivity index (χ1) is 7.27. The van der Waals surface area contributed by atoms with Gasteiger partial charge in [-0.05, 0) is 19.4 Å². The van der Waals surface area contributed by atoms with Gasteiger partial charge in [-0.25, -0.2) is 0 Å². The van der Waals surface area contributed by atoms with Crippen LogP contribution in [-0.2, 0) is 0 Å². The zero-order valence-corrected chi connectivity index (χ0v) is 8.74. The van der Waals surface area contributed by atoms with Crippen LogP contribution in [-0.4, -0.2) is 4.98 Å². The number of hydrogen-bond donors (Lipinski definition) is 0. The normalized spacial score (nSPS) is 11.3. The van der Waals surface area contributed by atoms with Gasteiger partial charge in [0, 0.05) is 28.7 Å². The predicted molar refractivity (Wildman–Crippen MR) is 61.0 cm³/mol. The van der Waals surface area contributed by atoms with Gasteiger partial charge in [0.2, 0.25) is 0 Å². The summed E-state index contributed by atoms with van der Waals surface area (Å²) < 4.78 is 5.87. The van der Waals surface area contributed by atoms with Crippen molar-refractivity contribution >= 4 is 21.9 Å². The van der Waals surface area contributed by atoms with Crippen molar-refractivity contribution in [3.8, 4) is 0 Å². The predicted octanol–water partition coefficient (Wildman–Crippen LogP) is 3.60. The van der Waals surface area contributed by atoms with Crippen molar-refractivity contribution in [3.05, 3.63) is 41.7 Å². The van der Waals surface area contributed by atoms with Gasteiger partial charge in [0.05, 0.1) is 0 Å². The largest absolute Gasteiger partial charge is 0.455 e. The quantitative estimate of drug-likeness (QED) is 0.550. The van der Waals surface area contributed by atoms with Crippen LogP contribution in [0.2, 0.25) is 0 Å². The molecule has 3 aromatic rings. The van der Waals surface area contributed by atoms with Crippen molar-refractivity contribution in [3.63, 3.8) is 0 Å². The summed E-state index contributed by atoms with van der Waals surface area (Å²) in [5, 5.41) is 2.26. The van der Waals surface area contributed by atoms with E-state index in [1.54, 1.807) is 0 Å². The molecule has 0 N–H and O–H groups in total. The van der Waals surface area contributed by atoms with E-state index in [1.807, 2.05) is 19.3 Å². The van der Waals surface area contributed by atoms with E-state index in [2.05, 4.69) is 30.1 Å². The minimum absolute atomic E-state index is 0.953. The molecule has 0 bridgehead atoms. The Kier molecular flexibility index (Phi) is 1.60. The van der Waals surface area contributed by atoms with Gasteiger partial charge in [-0.15, -0.1) is 0 Å². The fourth-order valence-corrected chi connectivity index (χ4v) is 1.98. The molecule has 3 rings (SSSR count). The number of aromatic nitrogens is 1. The number of pyridine rings is 1. The zero-order valence-electron chi connectivity index (χ0n) is 8.74. The number of benzene rings is 1. The third-order valence-electron chi connectivity index (χ3n) is 2.78. The van der Waals surface area contributed by atoms with Crippen LogP contribution in [0.1, 0.15) is 11.1 Å². The SMILES string of the molecule is Cc1cccc2c1oc1c(C)cncc12. The first kappa shape index (κ1) is 8.48. The number of aryl methyl sites for hydroxylation is 2. The molecule has 0 aliphatic rings. The molecular weight excluding hydrogens is 186 g/mol. The van der Waals surface area contributed by atoms with E-state index in [9.17, 15) is 0 Å². The van der Waals surface area contributed by atoms with Gasteiger partial charge in [0.1, 0.15) is 11.2 Å². The van der Waals surface area contributed by atoms with Crippen molar-refractivity contribution in [2.24, 2.45) is 0 Å². The Morgan fingerprint density at radius 1 is 0.933 bits per heavy atom. The molecule has 0 spiro atoms. The molecule has 0 radical (unpaired) electrons. The smallest absolute Gasteiger partial charge is 0.141 e. The number of para-hydroxylation sites is 1. The molecule has 0 amide bonds. The fourth-order valence-electron chi connectivity index (χ4n) is 1.98. The molecule has 2 heterocycles. The summed E-state index contributed by atoms with van der Waals surface area (Å²) in [6.45, 7) is 4.08. The molecule has 2 heteroatoms. The van der Waals surface area contributed by atoms with Gasteiger partial charge in [0.15, 0.2) is 0 Å². The highest BCUT2D eigenvalue weighted by Crippen LogP contribution is 2.31. The lowest BCUT2D eigenvalue weighted by atomic mass is 10.1. The first-order valence-electron chi connectivity index (χ1n) is 5.00. The van der Waals surface area contributed by atoms with Crippen LogP contribution in [0.3, 0.4) is 0 Å². The van der Waals surface area contributed by atoms with E-state index in [1.165, 1.54) is 5.56 Å². The van der Waals surface area contributed by atoms with E-state index in [0.29, 0.717) is 0 Å². The van der Waals surface area contributed by atoms with Crippen LogP contribution in [0.15, 0.2) is 35.0 Å². The molecule has 1 aromatic carbocycles. The minimum atomic E-state index is 0.953. The maximum absolute atomic E-state index is 5.87. The van der Waals surface area contributed by atoms with E-state index >= 15 is 0 Å². The molecule has 0 saturated carbocycles. The molecule has 0 aliphatic carbocycles. The second-order valence-electron chi connectivity index (χ2n) is 3.89. The van der Waals surface area contributed by atoms with Gasteiger partial charge < -0.3 is 4.42 Å². The molecule has 0 fully saturated rings. The first-order valence-corrected chi connectivity index (χ1v) is 5.00. The molecule has 15 heavy (non-hydrogen) atoms. The standard InChI is InChI=1S/C13H11NO/c1-8-4-3-5-10-11-7-14-6-9(2)13(11)15-12(8)10/h3-7H,1-2H3. The number of rotatable bonds is 0. The summed E-state index contributed by atoms with van der Waals surface area (Å²) >= 11 is 0. The van der Waals surface area contributed by atoms with Crippen molar-refractivity contribution in [2.75, 3.05) is 0 Å². The van der Waals surface area contributed by atoms with Crippen LogP contribution < -0.4 is 0 Å². The van der Waals surface area contributed by atoms with E-state index in [-0.39, 0.29) is 0 Å². The molecule has 2 nitrogen and oxygen atoms in total. The summed E-state index contributed by atoms with van der Waals surface area (Å²) in [7, 11) is 0. The lowest BCUT2D eigenvalue weighted by molar-refractivity contribution is 0.662. The Morgan fingerprint density at radius 2 is 1.73 bits per heavy atom. The van der Waals surface area contributed by atoms with Crippen molar-refractivity contribution in [2.45, 2.75) is 13.8 Å². The monoisotopic (exact) mass is 197 g/mol. The van der Waals surface area contributed by atoms with Crippen molar-refractivity contribution < 1.29 is 4.42 Å². The van der Waals surface area contributed by atoms with Crippen LogP contribution in [0, 0.1) is 13.8 Å². The molecule has 0 unspecified atom stereocenters. The van der Waals surface area contributed by atoms with Crippen molar-refractivity contribution in [1.29, 1.82) is 0 Å². The van der Waals surface area contributed by atoms with Gasteiger partial charge in [0.25, 0.3) is 0 Å². The Morgan fingerprint density at radius 3 is 2.60 bits per heavy atom. The average molecular weight is 197 g/mol. The Labute approximate surface area is 87.5 Å². The third kappa shape index (κ3) is 1.08. The topological polar surface area (TPSA) is 26.0 Å². The molecule has 0 atom stereocenters. The van der Waals surface area contributed by atoms with Gasteiger partial charge in [-0.2, -0.15) is 0 Å². The summed E-state index contributed by atoms with van der Waals surface area (Å²) in [6, 6.07) is 6.19. The van der Waals surface area contributed by atoms with Crippen LogP contribution in [0.25, 0.3) is 21.9 Å². The van der Waals surface area contributed by atoms with Crippen LogP contribution in [0.5, 0.6) is 0 Å². The van der Waals surface area contributed by atoms with Gasteiger partial charge >= 0.3 is 0 Å². The third-order valence-corrected chi connectivity index (χ3v) is 2.78. The Bertz CT molecular complexity index is 596. The highest BCUT2D eigenvalue weighted by molar-refractivity contribution is 6.06. The highest BCUT2D eigenvalue weighted by Gasteiger charge is 2.09. The van der Waals surface area contributed by atoms with Gasteiger partial charge in [-0.1, -0.05) is 18.2 Å². The maximum atomic E-state index is 5.87. The number of nitrogens with zero attached hydrogens (tertiary/aromatic N) is 1. The zero-order chi connectivity index (χ0) is 10.4. The average Bonchev–Trinajstić information content (AvgIpc) is 2.60. The van der Waals surface area contributed by atoms with Crippen LogP contribution in [0.4, 0.5) is 0 Å². The number of furan rings is 1. The summed E-state index contributed by atoms with van der Waals surface area (Å²) in [5.74, 6) is 0. The molecular formula is C13H11NO. The maximum Gasteiger partial charge on any atom is 0.141 e. The van der Waals surface area contributed by atoms with E-state index in [0.717, 1.165) is 27.5 Å². The Balaban J connectivity index is 2.63. The lowest BCUT2D eigenvalue weighted by Crippen LogP contribution is -1.75. The van der Waals surface area contributed by atoms with E-state index < -0.39 is 0 Å². The number of fused-ring (bicyclic) bond motifs is 3. The second kappa shape index (κ2) is 2.83. The van der Waals surface area contributed by atoms with E-state index in [4.69, 9.17) is 4.42 Å².